The van der Waals surface area contributed by atoms with Crippen LogP contribution in [0.2, 0.25) is 0 Å². The molecule has 1 saturated carbocycles. The Morgan fingerprint density at radius 3 is 2.74 bits per heavy atom. The van der Waals surface area contributed by atoms with E-state index < -0.39 is 0 Å². The highest BCUT2D eigenvalue weighted by Gasteiger charge is 2.33. The van der Waals surface area contributed by atoms with Gasteiger partial charge in [0.25, 0.3) is 5.91 Å². The number of para-hydroxylation sites is 1. The van der Waals surface area contributed by atoms with Crippen molar-refractivity contribution in [3.8, 4) is 5.75 Å². The Labute approximate surface area is 135 Å². The van der Waals surface area contributed by atoms with Gasteiger partial charge in [-0.1, -0.05) is 18.2 Å². The normalized spacial score (nSPS) is 17.3. The Morgan fingerprint density at radius 2 is 2.00 bits per heavy atom. The molecule has 0 N–H and O–H groups in total. The molecule has 1 aliphatic carbocycles. The van der Waals surface area contributed by atoms with Crippen LogP contribution in [-0.2, 0) is 13.2 Å². The van der Waals surface area contributed by atoms with Gasteiger partial charge in [-0.3, -0.25) is 9.48 Å². The van der Waals surface area contributed by atoms with Crippen molar-refractivity contribution in [2.24, 2.45) is 5.92 Å². The number of nitrogens with zero attached hydrogens (tertiary/aromatic N) is 3. The van der Waals surface area contributed by atoms with E-state index in [4.69, 9.17) is 4.74 Å². The number of carbonyl (C=O) groups excluding carboxylic acids is 1. The van der Waals surface area contributed by atoms with Crippen LogP contribution in [0.1, 0.15) is 34.6 Å². The summed E-state index contributed by atoms with van der Waals surface area (Å²) >= 11 is 0. The molecule has 1 amide bonds. The lowest BCUT2D eigenvalue weighted by molar-refractivity contribution is 0.0688. The van der Waals surface area contributed by atoms with Gasteiger partial charge in [-0.2, -0.15) is 5.10 Å². The maximum atomic E-state index is 12.7. The first kappa shape index (κ1) is 14.3. The molecule has 23 heavy (non-hydrogen) atoms. The molecule has 1 aromatic carbocycles. The largest absolute Gasteiger partial charge is 0.487 e. The average molecular weight is 311 g/mol. The maximum Gasteiger partial charge on any atom is 0.272 e. The molecule has 1 aliphatic heterocycles. The second-order valence-corrected chi connectivity index (χ2v) is 6.44. The molecule has 2 aliphatic rings. The summed E-state index contributed by atoms with van der Waals surface area (Å²) < 4.78 is 7.64. The summed E-state index contributed by atoms with van der Waals surface area (Å²) in [5.41, 5.74) is 2.54. The van der Waals surface area contributed by atoms with E-state index in [-0.39, 0.29) is 5.91 Å². The third-order valence-corrected chi connectivity index (χ3v) is 4.65. The van der Waals surface area contributed by atoms with E-state index in [1.54, 1.807) is 0 Å². The zero-order chi connectivity index (χ0) is 15.8. The summed E-state index contributed by atoms with van der Waals surface area (Å²) in [6.45, 7) is 4.81. The number of hydrogen-bond donors (Lipinski definition) is 0. The van der Waals surface area contributed by atoms with Gasteiger partial charge in [-0.25, -0.2) is 0 Å². The number of ether oxygens (including phenoxy) is 1. The molecular weight excluding hydrogens is 290 g/mol. The predicted octanol–water partition coefficient (Wildman–Crippen LogP) is 2.64. The van der Waals surface area contributed by atoms with Crippen LogP contribution in [0, 0.1) is 12.8 Å². The molecular formula is C18H21N3O2. The number of carbonyl (C=O) groups is 1. The van der Waals surface area contributed by atoms with Crippen molar-refractivity contribution >= 4 is 5.91 Å². The van der Waals surface area contributed by atoms with Crippen LogP contribution in [0.5, 0.6) is 5.75 Å². The van der Waals surface area contributed by atoms with Gasteiger partial charge in [0.2, 0.25) is 0 Å². The smallest absolute Gasteiger partial charge is 0.272 e. The van der Waals surface area contributed by atoms with E-state index in [0.29, 0.717) is 6.61 Å². The van der Waals surface area contributed by atoms with Crippen LogP contribution in [0.25, 0.3) is 0 Å². The predicted molar refractivity (Wildman–Crippen MR) is 86.4 cm³/mol. The highest BCUT2D eigenvalue weighted by Crippen LogP contribution is 2.31. The van der Waals surface area contributed by atoms with Gasteiger partial charge in [0.05, 0.1) is 6.54 Å². The fraction of sp³-hybridized carbons (Fsp3) is 0.444. The molecule has 120 valence electrons. The van der Waals surface area contributed by atoms with Crippen molar-refractivity contribution in [2.45, 2.75) is 32.9 Å². The standard InChI is InChI=1S/C18H21N3O2/c1-13-16(12-23-15-5-3-2-4-6-15)19-21-10-9-20(11-14-7-8-14)18(22)17(13)21/h2-6,14H,7-12H2,1H3. The second-order valence-electron chi connectivity index (χ2n) is 6.44. The molecule has 0 atom stereocenters. The van der Waals surface area contributed by atoms with Crippen molar-refractivity contribution in [3.05, 3.63) is 47.3 Å². The molecule has 0 radical (unpaired) electrons. The van der Waals surface area contributed by atoms with Gasteiger partial charge in [-0.05, 0) is 37.8 Å². The Hall–Kier alpha value is -2.30. The van der Waals surface area contributed by atoms with Crippen molar-refractivity contribution in [2.75, 3.05) is 13.1 Å². The van der Waals surface area contributed by atoms with Gasteiger partial charge in [0, 0.05) is 18.7 Å². The quantitative estimate of drug-likeness (QED) is 0.853. The van der Waals surface area contributed by atoms with E-state index in [0.717, 1.165) is 48.3 Å². The summed E-state index contributed by atoms with van der Waals surface area (Å²) in [4.78, 5) is 14.7. The second kappa shape index (κ2) is 5.72. The number of fused-ring (bicyclic) bond motifs is 1. The zero-order valence-electron chi connectivity index (χ0n) is 13.4. The third-order valence-electron chi connectivity index (χ3n) is 4.65. The number of aromatic nitrogens is 2. The summed E-state index contributed by atoms with van der Waals surface area (Å²) in [5, 5.41) is 4.59. The van der Waals surface area contributed by atoms with E-state index in [1.807, 2.05) is 46.8 Å². The molecule has 1 aromatic heterocycles. The van der Waals surface area contributed by atoms with E-state index in [9.17, 15) is 4.79 Å². The van der Waals surface area contributed by atoms with Crippen LogP contribution in [0.15, 0.2) is 30.3 Å². The molecule has 2 heterocycles. The topological polar surface area (TPSA) is 47.4 Å². The van der Waals surface area contributed by atoms with Crippen molar-refractivity contribution in [1.29, 1.82) is 0 Å². The SMILES string of the molecule is Cc1c(COc2ccccc2)nn2c1C(=O)N(CC1CC1)CC2. The Bertz CT molecular complexity index is 719. The van der Waals surface area contributed by atoms with Gasteiger partial charge in [0.15, 0.2) is 0 Å². The van der Waals surface area contributed by atoms with Crippen LogP contribution < -0.4 is 4.74 Å². The Kier molecular flexibility index (Phi) is 3.56. The molecule has 5 heteroatoms. The van der Waals surface area contributed by atoms with Crippen LogP contribution in [-0.4, -0.2) is 33.7 Å². The highest BCUT2D eigenvalue weighted by molar-refractivity contribution is 5.94. The fourth-order valence-electron chi connectivity index (χ4n) is 3.09. The van der Waals surface area contributed by atoms with Gasteiger partial charge >= 0.3 is 0 Å². The number of hydrogen-bond acceptors (Lipinski definition) is 3. The molecule has 0 saturated heterocycles. The number of rotatable bonds is 5. The third kappa shape index (κ3) is 2.83. The van der Waals surface area contributed by atoms with Gasteiger partial charge < -0.3 is 9.64 Å². The Morgan fingerprint density at radius 1 is 1.22 bits per heavy atom. The first-order chi connectivity index (χ1) is 11.2. The molecule has 2 aromatic rings. The molecule has 4 rings (SSSR count). The monoisotopic (exact) mass is 311 g/mol. The first-order valence-corrected chi connectivity index (χ1v) is 8.26. The summed E-state index contributed by atoms with van der Waals surface area (Å²) in [6.07, 6.45) is 2.52. The fourth-order valence-corrected chi connectivity index (χ4v) is 3.09. The van der Waals surface area contributed by atoms with Crippen LogP contribution in [0.4, 0.5) is 0 Å². The lowest BCUT2D eigenvalue weighted by Crippen LogP contribution is -2.41. The van der Waals surface area contributed by atoms with E-state index >= 15 is 0 Å². The molecule has 1 fully saturated rings. The minimum atomic E-state index is 0.124. The summed E-state index contributed by atoms with van der Waals surface area (Å²) in [6, 6.07) is 9.70. The summed E-state index contributed by atoms with van der Waals surface area (Å²) in [7, 11) is 0. The lowest BCUT2D eigenvalue weighted by Gasteiger charge is -2.27. The number of amides is 1. The number of benzene rings is 1. The molecule has 0 unspecified atom stereocenters. The van der Waals surface area contributed by atoms with Crippen molar-refractivity contribution in [3.63, 3.8) is 0 Å². The molecule has 5 nitrogen and oxygen atoms in total. The first-order valence-electron chi connectivity index (χ1n) is 8.26. The van der Waals surface area contributed by atoms with Crippen LogP contribution >= 0.6 is 0 Å². The zero-order valence-corrected chi connectivity index (χ0v) is 13.4. The molecule has 0 spiro atoms. The minimum Gasteiger partial charge on any atom is -0.487 e. The van der Waals surface area contributed by atoms with E-state index in [1.165, 1.54) is 12.8 Å². The lowest BCUT2D eigenvalue weighted by atomic mass is 10.1. The van der Waals surface area contributed by atoms with Gasteiger partial charge in [-0.15, -0.1) is 0 Å². The highest BCUT2D eigenvalue weighted by atomic mass is 16.5. The summed E-state index contributed by atoms with van der Waals surface area (Å²) in [5.74, 6) is 1.66. The Balaban J connectivity index is 1.51. The maximum absolute atomic E-state index is 12.7. The van der Waals surface area contributed by atoms with E-state index in [2.05, 4.69) is 5.10 Å². The average Bonchev–Trinajstić information content (AvgIpc) is 3.32. The minimum absolute atomic E-state index is 0.124. The van der Waals surface area contributed by atoms with Crippen molar-refractivity contribution in [1.82, 2.24) is 14.7 Å². The van der Waals surface area contributed by atoms with Gasteiger partial charge in [0.1, 0.15) is 23.7 Å². The van der Waals surface area contributed by atoms with Crippen LogP contribution in [0.3, 0.4) is 0 Å². The van der Waals surface area contributed by atoms with Crippen molar-refractivity contribution < 1.29 is 9.53 Å². The molecule has 0 bridgehead atoms.